The van der Waals surface area contributed by atoms with E-state index in [9.17, 15) is 26.7 Å². The molecule has 14 heteroatoms. The minimum absolute atomic E-state index is 0.135. The molecule has 2 aromatic carbocycles. The Morgan fingerprint density at radius 3 is 2.40 bits per heavy atom. The molecule has 5 rings (SSSR count). The number of imidazole rings is 1. The fourth-order valence-corrected chi connectivity index (χ4v) is 5.65. The lowest BCUT2D eigenvalue weighted by Crippen LogP contribution is -2.29. The van der Waals surface area contributed by atoms with Crippen molar-refractivity contribution in [3.63, 3.8) is 0 Å². The van der Waals surface area contributed by atoms with Crippen LogP contribution < -0.4 is 15.4 Å². The van der Waals surface area contributed by atoms with Crippen molar-refractivity contribution in [1.82, 2.24) is 19.5 Å². The molecule has 1 saturated carbocycles. The Morgan fingerprint density at radius 2 is 1.73 bits per heavy atom. The van der Waals surface area contributed by atoms with Crippen molar-refractivity contribution in [2.45, 2.75) is 62.4 Å². The molecule has 0 unspecified atom stereocenters. The molecular weight excluding hydrogens is 547 g/mol. The number of hydrogen-bond acceptors (Lipinski definition) is 8. The van der Waals surface area contributed by atoms with E-state index in [1.807, 2.05) is 11.5 Å². The highest BCUT2D eigenvalue weighted by Crippen LogP contribution is 2.31. The minimum atomic E-state index is -4.66. The van der Waals surface area contributed by atoms with Crippen molar-refractivity contribution in [2.24, 2.45) is 0 Å². The van der Waals surface area contributed by atoms with Crippen LogP contribution in [0.1, 0.15) is 38.2 Å². The Kier molecular flexibility index (Phi) is 7.55. The summed E-state index contributed by atoms with van der Waals surface area (Å²) in [5, 5.41) is 16.4. The van der Waals surface area contributed by atoms with Crippen LogP contribution in [0.4, 0.5) is 36.3 Å². The zero-order valence-electron chi connectivity index (χ0n) is 21.5. The molecule has 1 aliphatic carbocycles. The van der Waals surface area contributed by atoms with Crippen LogP contribution in [0.15, 0.2) is 59.8 Å². The number of fused-ring (bicyclic) bond motifs is 1. The summed E-state index contributed by atoms with van der Waals surface area (Å²) in [5.41, 5.74) is 0.906. The van der Waals surface area contributed by atoms with Gasteiger partial charge < -0.3 is 20.3 Å². The monoisotopic (exact) mass is 575 g/mol. The van der Waals surface area contributed by atoms with E-state index in [1.54, 1.807) is 18.5 Å². The molecule has 0 radical (unpaired) electrons. The number of anilines is 4. The summed E-state index contributed by atoms with van der Waals surface area (Å²) in [7, 11) is -4.25. The molecule has 1 fully saturated rings. The molecule has 4 aromatic rings. The van der Waals surface area contributed by atoms with Gasteiger partial charge in [0.15, 0.2) is 17.0 Å². The molecule has 0 aliphatic heterocycles. The van der Waals surface area contributed by atoms with Crippen molar-refractivity contribution in [3.8, 4) is 0 Å². The first-order valence-electron chi connectivity index (χ1n) is 12.8. The molecule has 0 saturated heterocycles. The first-order chi connectivity index (χ1) is 19.0. The average Bonchev–Trinajstić information content (AvgIpc) is 3.34. The van der Waals surface area contributed by atoms with Crippen molar-refractivity contribution >= 4 is 44.3 Å². The third-order valence-electron chi connectivity index (χ3n) is 6.71. The SMILES string of the molecule is CCn1cnc2c(Nc3ccc(NS(=O)(=O)c4cccc(C(F)(F)F)c4)cc3)nc(NC3CCC(O)CC3)nc21. The molecule has 0 atom stereocenters. The summed E-state index contributed by atoms with van der Waals surface area (Å²) in [6.45, 7) is 2.63. The second-order valence-electron chi connectivity index (χ2n) is 9.58. The van der Waals surface area contributed by atoms with Crippen LogP contribution in [0.2, 0.25) is 0 Å². The van der Waals surface area contributed by atoms with E-state index in [0.29, 0.717) is 54.1 Å². The van der Waals surface area contributed by atoms with Gasteiger partial charge in [-0.15, -0.1) is 0 Å². The van der Waals surface area contributed by atoms with Crippen LogP contribution in [0.25, 0.3) is 11.2 Å². The number of nitrogens with one attached hydrogen (secondary N) is 3. The minimum Gasteiger partial charge on any atom is -0.393 e. The van der Waals surface area contributed by atoms with E-state index in [0.717, 1.165) is 31.0 Å². The Morgan fingerprint density at radius 1 is 1.02 bits per heavy atom. The number of halogens is 3. The lowest BCUT2D eigenvalue weighted by Gasteiger charge is -2.26. The first-order valence-corrected chi connectivity index (χ1v) is 14.2. The van der Waals surface area contributed by atoms with Crippen molar-refractivity contribution < 1.29 is 26.7 Å². The third-order valence-corrected chi connectivity index (χ3v) is 8.08. The Balaban J connectivity index is 1.35. The number of nitrogens with zero attached hydrogens (tertiary/aromatic N) is 4. The second kappa shape index (κ2) is 10.9. The van der Waals surface area contributed by atoms with E-state index in [1.165, 1.54) is 12.1 Å². The molecule has 4 N–H and O–H groups in total. The Bertz CT molecular complexity index is 1600. The summed E-state index contributed by atoms with van der Waals surface area (Å²) in [5.74, 6) is 0.880. The maximum absolute atomic E-state index is 13.0. The summed E-state index contributed by atoms with van der Waals surface area (Å²) in [6, 6.07) is 9.90. The highest BCUT2D eigenvalue weighted by molar-refractivity contribution is 7.92. The van der Waals surface area contributed by atoms with Gasteiger partial charge in [-0.3, -0.25) is 4.72 Å². The number of aryl methyl sites for hydroxylation is 1. The van der Waals surface area contributed by atoms with Gasteiger partial charge in [-0.05, 0) is 75.1 Å². The summed E-state index contributed by atoms with van der Waals surface area (Å²) < 4.78 is 68.7. The molecule has 40 heavy (non-hydrogen) atoms. The molecule has 0 bridgehead atoms. The molecular formula is C26H28F3N7O3S. The van der Waals surface area contributed by atoms with E-state index >= 15 is 0 Å². The molecule has 10 nitrogen and oxygen atoms in total. The Hall–Kier alpha value is -3.91. The summed E-state index contributed by atoms with van der Waals surface area (Å²) in [4.78, 5) is 13.2. The van der Waals surface area contributed by atoms with Gasteiger partial charge in [0.25, 0.3) is 10.0 Å². The van der Waals surface area contributed by atoms with Gasteiger partial charge in [0, 0.05) is 24.0 Å². The number of alkyl halides is 3. The van der Waals surface area contributed by atoms with Gasteiger partial charge >= 0.3 is 6.18 Å². The molecule has 0 spiro atoms. The van der Waals surface area contributed by atoms with Gasteiger partial charge in [-0.2, -0.15) is 23.1 Å². The normalized spacial score (nSPS) is 18.0. The van der Waals surface area contributed by atoms with E-state index in [4.69, 9.17) is 0 Å². The Labute approximate surface area is 228 Å². The predicted octanol–water partition coefficient (Wildman–Crippen LogP) is 5.12. The number of aliphatic hydroxyl groups excluding tert-OH is 1. The molecule has 1 aliphatic rings. The molecule has 212 valence electrons. The number of rotatable bonds is 8. The van der Waals surface area contributed by atoms with Crippen LogP contribution in [0.3, 0.4) is 0 Å². The van der Waals surface area contributed by atoms with Gasteiger partial charge in [0.2, 0.25) is 5.95 Å². The van der Waals surface area contributed by atoms with Crippen molar-refractivity contribution in [1.29, 1.82) is 0 Å². The highest BCUT2D eigenvalue weighted by Gasteiger charge is 2.31. The number of sulfonamides is 1. The maximum Gasteiger partial charge on any atom is 0.416 e. The number of benzene rings is 2. The lowest BCUT2D eigenvalue weighted by molar-refractivity contribution is -0.137. The topological polar surface area (TPSA) is 134 Å². The third kappa shape index (κ3) is 6.12. The highest BCUT2D eigenvalue weighted by atomic mass is 32.2. The van der Waals surface area contributed by atoms with Gasteiger partial charge in [-0.1, -0.05) is 6.07 Å². The van der Waals surface area contributed by atoms with Crippen LogP contribution in [-0.4, -0.2) is 45.2 Å². The van der Waals surface area contributed by atoms with Crippen molar-refractivity contribution in [3.05, 3.63) is 60.4 Å². The van der Waals surface area contributed by atoms with Crippen molar-refractivity contribution in [2.75, 3.05) is 15.4 Å². The maximum atomic E-state index is 13.0. The molecule has 0 amide bonds. The summed E-state index contributed by atoms with van der Waals surface area (Å²) >= 11 is 0. The molecule has 2 aromatic heterocycles. The standard InChI is InChI=1S/C26H28F3N7O3S/c1-2-36-15-30-22-23(33-25(34-24(22)36)32-18-10-12-20(37)13-11-18)31-17-6-8-19(9-7-17)35-40(38,39)21-5-3-4-16(14-21)26(27,28)29/h3-9,14-15,18,20,35,37H,2,10-13H2,1H3,(H2,31,32,33,34). The number of hydrogen-bond donors (Lipinski definition) is 4. The zero-order valence-corrected chi connectivity index (χ0v) is 22.3. The number of aliphatic hydroxyl groups is 1. The lowest BCUT2D eigenvalue weighted by atomic mass is 9.93. The predicted molar refractivity (Wildman–Crippen MR) is 145 cm³/mol. The van der Waals surface area contributed by atoms with Crippen LogP contribution in [0.5, 0.6) is 0 Å². The quantitative estimate of drug-likeness (QED) is 0.227. The first kappa shape index (κ1) is 27.6. The number of aromatic nitrogens is 4. The largest absolute Gasteiger partial charge is 0.416 e. The van der Waals surface area contributed by atoms with Crippen LogP contribution in [0, 0.1) is 0 Å². The fraction of sp³-hybridized carbons (Fsp3) is 0.346. The fourth-order valence-electron chi connectivity index (χ4n) is 4.54. The average molecular weight is 576 g/mol. The van der Waals surface area contributed by atoms with E-state index in [-0.39, 0.29) is 17.8 Å². The smallest absolute Gasteiger partial charge is 0.393 e. The second-order valence-corrected chi connectivity index (χ2v) is 11.3. The van der Waals surface area contributed by atoms with Crippen LogP contribution >= 0.6 is 0 Å². The van der Waals surface area contributed by atoms with Crippen LogP contribution in [-0.2, 0) is 22.7 Å². The molecule has 2 heterocycles. The van der Waals surface area contributed by atoms with E-state index < -0.39 is 26.7 Å². The van der Waals surface area contributed by atoms with E-state index in [2.05, 4.69) is 30.3 Å². The van der Waals surface area contributed by atoms with Gasteiger partial charge in [0.1, 0.15) is 0 Å². The zero-order chi connectivity index (χ0) is 28.5. The summed E-state index contributed by atoms with van der Waals surface area (Å²) in [6.07, 6.45) is -0.239. The van der Waals surface area contributed by atoms with Gasteiger partial charge in [0.05, 0.1) is 22.9 Å². The van der Waals surface area contributed by atoms with Gasteiger partial charge in [-0.25, -0.2) is 13.4 Å².